The van der Waals surface area contributed by atoms with Crippen LogP contribution in [0.15, 0.2) is 59.5 Å². The fourth-order valence-electron chi connectivity index (χ4n) is 2.65. The first-order chi connectivity index (χ1) is 12.8. The highest BCUT2D eigenvalue weighted by atomic mass is 32.2. The standard InChI is InChI=1S/C18H18N4O4S/c1-21(2)12-14-10-9-13-5-3-8-17(18(13)19-14)20-27(25,26)16-7-4-6-15(11-16)22(23)24/h3-11,20H,12H2,1-2H3. The van der Waals surface area contributed by atoms with E-state index in [0.29, 0.717) is 17.7 Å². The summed E-state index contributed by atoms with van der Waals surface area (Å²) in [6.45, 7) is 0.613. The van der Waals surface area contributed by atoms with Gasteiger partial charge in [-0.25, -0.2) is 13.4 Å². The Kier molecular flexibility index (Phi) is 5.06. The van der Waals surface area contributed by atoms with Gasteiger partial charge in [-0.1, -0.05) is 24.3 Å². The molecule has 0 fully saturated rings. The highest BCUT2D eigenvalue weighted by Gasteiger charge is 2.19. The first-order valence-electron chi connectivity index (χ1n) is 8.07. The summed E-state index contributed by atoms with van der Waals surface area (Å²) in [7, 11) is -0.163. The number of aromatic nitrogens is 1. The van der Waals surface area contributed by atoms with Crippen molar-refractivity contribution in [3.8, 4) is 0 Å². The van der Waals surface area contributed by atoms with Crippen molar-refractivity contribution >= 4 is 32.3 Å². The summed E-state index contributed by atoms with van der Waals surface area (Å²) >= 11 is 0. The maximum atomic E-state index is 12.7. The smallest absolute Gasteiger partial charge is 0.270 e. The molecule has 0 saturated carbocycles. The lowest BCUT2D eigenvalue weighted by atomic mass is 10.2. The Bertz CT molecular complexity index is 1110. The van der Waals surface area contributed by atoms with Gasteiger partial charge < -0.3 is 4.90 Å². The number of benzene rings is 2. The summed E-state index contributed by atoms with van der Waals surface area (Å²) in [6, 6.07) is 13.9. The van der Waals surface area contributed by atoms with Gasteiger partial charge in [0, 0.05) is 24.1 Å². The van der Waals surface area contributed by atoms with Crippen LogP contribution in [-0.4, -0.2) is 37.3 Å². The van der Waals surface area contributed by atoms with Crippen molar-refractivity contribution in [1.82, 2.24) is 9.88 Å². The van der Waals surface area contributed by atoms with Gasteiger partial charge in [0.2, 0.25) is 0 Å². The number of nitro benzene ring substituents is 1. The maximum Gasteiger partial charge on any atom is 0.270 e. The van der Waals surface area contributed by atoms with E-state index in [2.05, 4.69) is 9.71 Å². The van der Waals surface area contributed by atoms with Crippen molar-refractivity contribution in [2.45, 2.75) is 11.4 Å². The van der Waals surface area contributed by atoms with Crippen molar-refractivity contribution in [2.75, 3.05) is 18.8 Å². The Hall–Kier alpha value is -3.04. The SMILES string of the molecule is CN(C)Cc1ccc2cccc(NS(=O)(=O)c3cccc([N+](=O)[O-])c3)c2n1. The number of rotatable bonds is 6. The molecule has 0 aliphatic heterocycles. The number of pyridine rings is 1. The molecule has 2 aromatic carbocycles. The van der Waals surface area contributed by atoms with Crippen LogP contribution >= 0.6 is 0 Å². The van der Waals surface area contributed by atoms with Crippen LogP contribution < -0.4 is 4.72 Å². The van der Waals surface area contributed by atoms with Crippen LogP contribution in [-0.2, 0) is 16.6 Å². The molecule has 0 radical (unpaired) electrons. The zero-order chi connectivity index (χ0) is 19.6. The van der Waals surface area contributed by atoms with Crippen LogP contribution in [0.3, 0.4) is 0 Å². The number of non-ortho nitro benzene ring substituents is 1. The minimum absolute atomic E-state index is 0.182. The van der Waals surface area contributed by atoms with E-state index in [1.54, 1.807) is 12.1 Å². The van der Waals surface area contributed by atoms with Gasteiger partial charge >= 0.3 is 0 Å². The molecule has 1 aromatic heterocycles. The lowest BCUT2D eigenvalue weighted by Gasteiger charge is -2.13. The molecule has 27 heavy (non-hydrogen) atoms. The predicted octanol–water partition coefficient (Wildman–Crippen LogP) is 3.01. The Labute approximate surface area is 156 Å². The molecule has 1 heterocycles. The topological polar surface area (TPSA) is 105 Å². The molecule has 9 heteroatoms. The fourth-order valence-corrected chi connectivity index (χ4v) is 3.76. The molecule has 1 N–H and O–H groups in total. The Balaban J connectivity index is 2.02. The number of sulfonamides is 1. The van der Waals surface area contributed by atoms with E-state index in [1.165, 1.54) is 18.2 Å². The molecule has 0 aliphatic carbocycles. The van der Waals surface area contributed by atoms with E-state index in [-0.39, 0.29) is 10.6 Å². The van der Waals surface area contributed by atoms with Gasteiger partial charge in [-0.15, -0.1) is 0 Å². The average molecular weight is 386 g/mol. The van der Waals surface area contributed by atoms with E-state index in [1.807, 2.05) is 37.2 Å². The van der Waals surface area contributed by atoms with Gasteiger partial charge in [0.15, 0.2) is 0 Å². The second-order valence-corrected chi connectivity index (χ2v) is 7.96. The number of fused-ring (bicyclic) bond motifs is 1. The highest BCUT2D eigenvalue weighted by Crippen LogP contribution is 2.26. The molecule has 0 spiro atoms. The molecule has 3 aromatic rings. The van der Waals surface area contributed by atoms with E-state index in [0.717, 1.165) is 17.1 Å². The van der Waals surface area contributed by atoms with Crippen LogP contribution in [0.25, 0.3) is 10.9 Å². The molecular weight excluding hydrogens is 368 g/mol. The van der Waals surface area contributed by atoms with Gasteiger partial charge in [0.25, 0.3) is 15.7 Å². The third-order valence-corrected chi connectivity index (χ3v) is 5.20. The molecule has 0 aliphatic rings. The van der Waals surface area contributed by atoms with Crippen LogP contribution in [0.4, 0.5) is 11.4 Å². The number of hydrogen-bond acceptors (Lipinski definition) is 6. The number of para-hydroxylation sites is 1. The monoisotopic (exact) mass is 386 g/mol. The fraction of sp³-hybridized carbons (Fsp3) is 0.167. The molecule has 8 nitrogen and oxygen atoms in total. The van der Waals surface area contributed by atoms with Gasteiger partial charge in [-0.3, -0.25) is 14.8 Å². The molecule has 0 bridgehead atoms. The average Bonchev–Trinajstić information content (AvgIpc) is 2.61. The highest BCUT2D eigenvalue weighted by molar-refractivity contribution is 7.92. The molecule has 0 saturated heterocycles. The quantitative estimate of drug-likeness (QED) is 0.516. The minimum atomic E-state index is -4.00. The van der Waals surface area contributed by atoms with Gasteiger partial charge in [-0.05, 0) is 32.3 Å². The largest absolute Gasteiger partial charge is 0.304 e. The summed E-state index contributed by atoms with van der Waals surface area (Å²) in [4.78, 5) is 16.6. The van der Waals surface area contributed by atoms with E-state index >= 15 is 0 Å². The maximum absolute atomic E-state index is 12.7. The summed E-state index contributed by atoms with van der Waals surface area (Å²) in [6.07, 6.45) is 0. The Morgan fingerprint density at radius 2 is 1.85 bits per heavy atom. The van der Waals surface area contributed by atoms with Crippen molar-refractivity contribution in [2.24, 2.45) is 0 Å². The number of nitrogens with one attached hydrogen (secondary N) is 1. The molecule has 0 atom stereocenters. The van der Waals surface area contributed by atoms with Crippen molar-refractivity contribution in [1.29, 1.82) is 0 Å². The van der Waals surface area contributed by atoms with E-state index < -0.39 is 14.9 Å². The lowest BCUT2D eigenvalue weighted by molar-refractivity contribution is -0.385. The van der Waals surface area contributed by atoms with Gasteiger partial charge in [0.05, 0.1) is 26.7 Å². The summed E-state index contributed by atoms with van der Waals surface area (Å²) < 4.78 is 27.9. The second kappa shape index (κ2) is 7.29. The van der Waals surface area contributed by atoms with Crippen LogP contribution in [0.1, 0.15) is 5.69 Å². The summed E-state index contributed by atoms with van der Waals surface area (Å²) in [5.74, 6) is 0. The molecule has 140 valence electrons. The van der Waals surface area contributed by atoms with E-state index in [9.17, 15) is 18.5 Å². The first kappa shape index (κ1) is 18.7. The number of hydrogen-bond donors (Lipinski definition) is 1. The minimum Gasteiger partial charge on any atom is -0.304 e. The number of nitro groups is 1. The zero-order valence-electron chi connectivity index (χ0n) is 14.8. The molecule has 3 rings (SSSR count). The van der Waals surface area contributed by atoms with Gasteiger partial charge in [-0.2, -0.15) is 0 Å². The zero-order valence-corrected chi connectivity index (χ0v) is 15.6. The van der Waals surface area contributed by atoms with Crippen LogP contribution in [0, 0.1) is 10.1 Å². The summed E-state index contributed by atoms with van der Waals surface area (Å²) in [5.41, 5.74) is 1.35. The second-order valence-electron chi connectivity index (χ2n) is 6.28. The van der Waals surface area contributed by atoms with Crippen LogP contribution in [0.5, 0.6) is 0 Å². The normalized spacial score (nSPS) is 11.7. The molecular formula is C18H18N4O4S. The number of nitrogens with zero attached hydrogens (tertiary/aromatic N) is 3. The predicted molar refractivity (Wildman–Crippen MR) is 103 cm³/mol. The Morgan fingerprint density at radius 1 is 1.11 bits per heavy atom. The van der Waals surface area contributed by atoms with Crippen molar-refractivity contribution in [3.63, 3.8) is 0 Å². The third-order valence-electron chi connectivity index (χ3n) is 3.84. The molecule has 0 amide bonds. The third kappa shape index (κ3) is 4.21. The Morgan fingerprint density at radius 3 is 2.56 bits per heavy atom. The van der Waals surface area contributed by atoms with Gasteiger partial charge in [0.1, 0.15) is 0 Å². The van der Waals surface area contributed by atoms with Crippen molar-refractivity contribution < 1.29 is 13.3 Å². The summed E-state index contributed by atoms with van der Waals surface area (Å²) in [5, 5.41) is 11.7. The number of anilines is 1. The lowest BCUT2D eigenvalue weighted by Crippen LogP contribution is -2.14. The van der Waals surface area contributed by atoms with E-state index in [4.69, 9.17) is 0 Å². The van der Waals surface area contributed by atoms with Crippen molar-refractivity contribution in [3.05, 3.63) is 70.4 Å². The van der Waals surface area contributed by atoms with Crippen LogP contribution in [0.2, 0.25) is 0 Å². The first-order valence-corrected chi connectivity index (χ1v) is 9.55. The molecule has 0 unspecified atom stereocenters.